The second-order valence-corrected chi connectivity index (χ2v) is 4.58. The molecule has 1 aliphatic heterocycles. The standard InChI is InChI=1S/C10H19NS/c1-3-9(2)7-11-10-5-4-6-12-8-10/h3,10-11H,4-8H2,1-2H3/b9-3-. The lowest BCUT2D eigenvalue weighted by atomic mass is 10.1. The average Bonchev–Trinajstić information content (AvgIpc) is 2.16. The van der Waals surface area contributed by atoms with Crippen molar-refractivity contribution in [3.05, 3.63) is 11.6 Å². The van der Waals surface area contributed by atoms with E-state index in [0.717, 1.165) is 12.6 Å². The molecule has 1 unspecified atom stereocenters. The third-order valence-electron chi connectivity index (χ3n) is 2.32. The van der Waals surface area contributed by atoms with Crippen molar-refractivity contribution in [3.8, 4) is 0 Å². The van der Waals surface area contributed by atoms with E-state index >= 15 is 0 Å². The molecule has 1 N–H and O–H groups in total. The zero-order valence-electron chi connectivity index (χ0n) is 8.10. The van der Waals surface area contributed by atoms with Gasteiger partial charge < -0.3 is 5.32 Å². The maximum atomic E-state index is 3.58. The fraction of sp³-hybridized carbons (Fsp3) is 0.800. The Hall–Kier alpha value is 0.0500. The first-order chi connectivity index (χ1) is 5.83. The molecule has 1 nitrogen and oxygen atoms in total. The van der Waals surface area contributed by atoms with Crippen molar-refractivity contribution in [2.45, 2.75) is 32.7 Å². The van der Waals surface area contributed by atoms with E-state index in [9.17, 15) is 0 Å². The maximum absolute atomic E-state index is 3.58. The van der Waals surface area contributed by atoms with Crippen molar-refractivity contribution in [3.63, 3.8) is 0 Å². The molecule has 0 bridgehead atoms. The number of rotatable bonds is 3. The fourth-order valence-electron chi connectivity index (χ4n) is 1.31. The summed E-state index contributed by atoms with van der Waals surface area (Å²) < 4.78 is 0. The van der Waals surface area contributed by atoms with Crippen LogP contribution in [0.5, 0.6) is 0 Å². The highest BCUT2D eigenvalue weighted by Gasteiger charge is 2.11. The minimum absolute atomic E-state index is 0.763. The summed E-state index contributed by atoms with van der Waals surface area (Å²) in [6.07, 6.45) is 4.93. The summed E-state index contributed by atoms with van der Waals surface area (Å²) in [4.78, 5) is 0. The molecule has 1 fully saturated rings. The summed E-state index contributed by atoms with van der Waals surface area (Å²) in [6, 6.07) is 0.763. The number of hydrogen-bond acceptors (Lipinski definition) is 2. The van der Waals surface area contributed by atoms with Gasteiger partial charge in [-0.1, -0.05) is 11.6 Å². The first kappa shape index (κ1) is 10.1. The van der Waals surface area contributed by atoms with Crippen LogP contribution in [0.25, 0.3) is 0 Å². The van der Waals surface area contributed by atoms with Crippen LogP contribution in [0.3, 0.4) is 0 Å². The molecule has 0 aromatic heterocycles. The van der Waals surface area contributed by atoms with Crippen LogP contribution in [0.4, 0.5) is 0 Å². The van der Waals surface area contributed by atoms with Gasteiger partial charge in [0, 0.05) is 18.3 Å². The molecule has 0 saturated carbocycles. The van der Waals surface area contributed by atoms with Gasteiger partial charge in [0.2, 0.25) is 0 Å². The second-order valence-electron chi connectivity index (χ2n) is 3.43. The monoisotopic (exact) mass is 185 g/mol. The SMILES string of the molecule is C/C=C(/C)CNC1CCCSC1. The number of hydrogen-bond donors (Lipinski definition) is 1. The topological polar surface area (TPSA) is 12.0 Å². The summed E-state index contributed by atoms with van der Waals surface area (Å²) in [5, 5.41) is 3.58. The molecule has 0 radical (unpaired) electrons. The normalized spacial score (nSPS) is 25.8. The van der Waals surface area contributed by atoms with Gasteiger partial charge in [0.05, 0.1) is 0 Å². The predicted molar refractivity (Wildman–Crippen MR) is 57.8 cm³/mol. The van der Waals surface area contributed by atoms with E-state index in [4.69, 9.17) is 0 Å². The minimum Gasteiger partial charge on any atom is -0.309 e. The van der Waals surface area contributed by atoms with Gasteiger partial charge in [0.25, 0.3) is 0 Å². The van der Waals surface area contributed by atoms with Gasteiger partial charge in [-0.3, -0.25) is 0 Å². The van der Waals surface area contributed by atoms with E-state index < -0.39 is 0 Å². The molecular weight excluding hydrogens is 166 g/mol. The van der Waals surface area contributed by atoms with Gasteiger partial charge in [0.1, 0.15) is 0 Å². The zero-order valence-corrected chi connectivity index (χ0v) is 8.91. The molecule has 12 heavy (non-hydrogen) atoms. The third-order valence-corrected chi connectivity index (χ3v) is 3.54. The maximum Gasteiger partial charge on any atom is 0.0164 e. The van der Waals surface area contributed by atoms with Crippen molar-refractivity contribution in [2.24, 2.45) is 0 Å². The summed E-state index contributed by atoms with van der Waals surface area (Å²) in [7, 11) is 0. The van der Waals surface area contributed by atoms with Crippen LogP contribution in [-0.2, 0) is 0 Å². The first-order valence-corrected chi connectivity index (χ1v) is 5.91. The number of allylic oxidation sites excluding steroid dienone is 1. The smallest absolute Gasteiger partial charge is 0.0164 e. The van der Waals surface area contributed by atoms with Crippen LogP contribution in [0.1, 0.15) is 26.7 Å². The number of nitrogens with one attached hydrogen (secondary N) is 1. The summed E-state index contributed by atoms with van der Waals surface area (Å²) >= 11 is 2.08. The van der Waals surface area contributed by atoms with Crippen LogP contribution < -0.4 is 5.32 Å². The highest BCUT2D eigenvalue weighted by molar-refractivity contribution is 7.99. The third kappa shape index (κ3) is 3.63. The molecule has 1 saturated heterocycles. The van der Waals surface area contributed by atoms with E-state index in [-0.39, 0.29) is 0 Å². The molecule has 1 heterocycles. The highest BCUT2D eigenvalue weighted by atomic mass is 32.2. The summed E-state index contributed by atoms with van der Waals surface area (Å²) in [5.74, 6) is 2.66. The van der Waals surface area contributed by atoms with Crippen LogP contribution >= 0.6 is 11.8 Å². The largest absolute Gasteiger partial charge is 0.309 e. The Morgan fingerprint density at radius 2 is 2.50 bits per heavy atom. The fourth-order valence-corrected chi connectivity index (χ4v) is 2.42. The Morgan fingerprint density at radius 3 is 3.08 bits per heavy atom. The minimum atomic E-state index is 0.763. The van der Waals surface area contributed by atoms with Gasteiger partial charge in [-0.2, -0.15) is 11.8 Å². The lowest BCUT2D eigenvalue weighted by Gasteiger charge is -2.22. The van der Waals surface area contributed by atoms with Gasteiger partial charge in [-0.15, -0.1) is 0 Å². The molecule has 0 aliphatic carbocycles. The Kier molecular flexibility index (Phi) is 4.77. The van der Waals surface area contributed by atoms with Crippen LogP contribution in [0.2, 0.25) is 0 Å². The van der Waals surface area contributed by atoms with Crippen LogP contribution in [-0.4, -0.2) is 24.1 Å². The van der Waals surface area contributed by atoms with Crippen molar-refractivity contribution >= 4 is 11.8 Å². The van der Waals surface area contributed by atoms with Crippen LogP contribution in [0.15, 0.2) is 11.6 Å². The molecule has 1 rings (SSSR count). The molecule has 0 amide bonds. The second kappa shape index (κ2) is 5.65. The van der Waals surface area contributed by atoms with Gasteiger partial charge in [-0.05, 0) is 32.4 Å². The van der Waals surface area contributed by atoms with E-state index in [1.54, 1.807) is 0 Å². The Morgan fingerprint density at radius 1 is 1.67 bits per heavy atom. The molecule has 0 spiro atoms. The van der Waals surface area contributed by atoms with E-state index in [1.807, 2.05) is 0 Å². The Balaban J connectivity index is 2.13. The Bertz CT molecular complexity index is 148. The molecule has 1 atom stereocenters. The van der Waals surface area contributed by atoms with E-state index in [0.29, 0.717) is 0 Å². The molecule has 70 valence electrons. The van der Waals surface area contributed by atoms with Crippen molar-refractivity contribution in [1.82, 2.24) is 5.32 Å². The number of thioether (sulfide) groups is 1. The zero-order chi connectivity index (χ0) is 8.81. The summed E-state index contributed by atoms with van der Waals surface area (Å²) in [6.45, 7) is 5.36. The van der Waals surface area contributed by atoms with E-state index in [2.05, 4.69) is 37.0 Å². The first-order valence-electron chi connectivity index (χ1n) is 4.76. The molecule has 0 aromatic carbocycles. The van der Waals surface area contributed by atoms with Gasteiger partial charge in [-0.25, -0.2) is 0 Å². The summed E-state index contributed by atoms with van der Waals surface area (Å²) in [5.41, 5.74) is 1.45. The van der Waals surface area contributed by atoms with Crippen molar-refractivity contribution < 1.29 is 0 Å². The lowest BCUT2D eigenvalue weighted by molar-refractivity contribution is 0.529. The van der Waals surface area contributed by atoms with Crippen molar-refractivity contribution in [1.29, 1.82) is 0 Å². The van der Waals surface area contributed by atoms with Crippen LogP contribution in [0, 0.1) is 0 Å². The van der Waals surface area contributed by atoms with Gasteiger partial charge in [0.15, 0.2) is 0 Å². The molecule has 1 aliphatic rings. The average molecular weight is 185 g/mol. The molecule has 0 aromatic rings. The molecule has 2 heteroatoms. The van der Waals surface area contributed by atoms with Crippen molar-refractivity contribution in [2.75, 3.05) is 18.1 Å². The quantitative estimate of drug-likeness (QED) is 0.678. The Labute approximate surface area is 80.0 Å². The van der Waals surface area contributed by atoms with E-state index in [1.165, 1.54) is 29.9 Å². The lowest BCUT2D eigenvalue weighted by Crippen LogP contribution is -2.34. The molecular formula is C10H19NS. The predicted octanol–water partition coefficient (Wildman–Crippen LogP) is 2.44. The van der Waals surface area contributed by atoms with Gasteiger partial charge >= 0.3 is 0 Å². The highest BCUT2D eigenvalue weighted by Crippen LogP contribution is 2.16.